The standard InChI is InChI=1S/C15H11IN4O/c1-21-14-6-9(8-17)2-4-13(14)20-12-5-3-10(16)7-11(12)19-15(20)18/h2-7H,1H3,(H2,18,19). The third kappa shape index (κ3) is 2.29. The van der Waals surface area contributed by atoms with Gasteiger partial charge in [-0.05, 0) is 52.9 Å². The van der Waals surface area contributed by atoms with Crippen molar-refractivity contribution in [3.8, 4) is 17.5 Å². The van der Waals surface area contributed by atoms with Gasteiger partial charge in [0.15, 0.2) is 0 Å². The van der Waals surface area contributed by atoms with Crippen LogP contribution in [0.4, 0.5) is 5.95 Å². The maximum Gasteiger partial charge on any atom is 0.206 e. The summed E-state index contributed by atoms with van der Waals surface area (Å²) in [4.78, 5) is 4.38. The number of nitrogen functional groups attached to an aromatic ring is 1. The monoisotopic (exact) mass is 390 g/mol. The van der Waals surface area contributed by atoms with Crippen molar-refractivity contribution in [2.45, 2.75) is 0 Å². The molecule has 1 heterocycles. The van der Waals surface area contributed by atoms with Gasteiger partial charge in [-0.1, -0.05) is 0 Å². The van der Waals surface area contributed by atoms with Gasteiger partial charge in [0.25, 0.3) is 0 Å². The molecule has 0 saturated heterocycles. The fraction of sp³-hybridized carbons (Fsp3) is 0.0667. The van der Waals surface area contributed by atoms with Crippen molar-refractivity contribution in [3.63, 3.8) is 0 Å². The molecule has 5 nitrogen and oxygen atoms in total. The van der Waals surface area contributed by atoms with Crippen molar-refractivity contribution in [1.82, 2.24) is 9.55 Å². The molecule has 0 radical (unpaired) electrons. The quantitative estimate of drug-likeness (QED) is 0.683. The van der Waals surface area contributed by atoms with Gasteiger partial charge in [0.1, 0.15) is 5.75 Å². The summed E-state index contributed by atoms with van der Waals surface area (Å²) in [5.41, 5.74) is 9.08. The Labute approximate surface area is 135 Å². The van der Waals surface area contributed by atoms with E-state index in [4.69, 9.17) is 15.7 Å². The molecule has 0 saturated carbocycles. The molecule has 0 spiro atoms. The molecule has 21 heavy (non-hydrogen) atoms. The molecule has 2 N–H and O–H groups in total. The number of halogens is 1. The van der Waals surface area contributed by atoms with Gasteiger partial charge in [-0.2, -0.15) is 5.26 Å². The summed E-state index contributed by atoms with van der Waals surface area (Å²) in [5, 5.41) is 8.99. The van der Waals surface area contributed by atoms with Crippen LogP contribution in [-0.2, 0) is 0 Å². The van der Waals surface area contributed by atoms with Crippen LogP contribution in [0, 0.1) is 14.9 Å². The number of nitrogens with zero attached hydrogens (tertiary/aromatic N) is 3. The highest BCUT2D eigenvalue weighted by Crippen LogP contribution is 2.30. The third-order valence-electron chi connectivity index (χ3n) is 3.19. The van der Waals surface area contributed by atoms with E-state index < -0.39 is 0 Å². The molecule has 0 fully saturated rings. The Kier molecular flexibility index (Phi) is 3.43. The lowest BCUT2D eigenvalue weighted by molar-refractivity contribution is 0.413. The number of hydrogen-bond acceptors (Lipinski definition) is 4. The molecular formula is C15H11IN4O. The first-order valence-electron chi connectivity index (χ1n) is 6.16. The largest absolute Gasteiger partial charge is 0.495 e. The van der Waals surface area contributed by atoms with E-state index in [2.05, 4.69) is 33.6 Å². The van der Waals surface area contributed by atoms with Crippen LogP contribution in [0.2, 0.25) is 0 Å². The molecule has 0 aliphatic rings. The normalized spacial score (nSPS) is 10.5. The number of rotatable bonds is 2. The van der Waals surface area contributed by atoms with Crippen LogP contribution in [0.1, 0.15) is 5.56 Å². The average Bonchev–Trinajstić information content (AvgIpc) is 2.81. The summed E-state index contributed by atoms with van der Waals surface area (Å²) in [6.45, 7) is 0. The predicted molar refractivity (Wildman–Crippen MR) is 89.5 cm³/mol. The summed E-state index contributed by atoms with van der Waals surface area (Å²) >= 11 is 2.24. The van der Waals surface area contributed by atoms with E-state index in [1.54, 1.807) is 19.2 Å². The van der Waals surface area contributed by atoms with Gasteiger partial charge in [0.05, 0.1) is 35.5 Å². The molecule has 1 aromatic heterocycles. The molecule has 0 amide bonds. The van der Waals surface area contributed by atoms with Crippen molar-refractivity contribution >= 4 is 39.6 Å². The van der Waals surface area contributed by atoms with Gasteiger partial charge in [-0.15, -0.1) is 0 Å². The van der Waals surface area contributed by atoms with Crippen LogP contribution < -0.4 is 10.5 Å². The molecule has 0 aliphatic carbocycles. The lowest BCUT2D eigenvalue weighted by atomic mass is 10.2. The van der Waals surface area contributed by atoms with E-state index >= 15 is 0 Å². The Bertz CT molecular complexity index is 879. The number of fused-ring (bicyclic) bond motifs is 1. The minimum atomic E-state index is 0.384. The van der Waals surface area contributed by atoms with Crippen LogP contribution in [0.25, 0.3) is 16.7 Å². The summed E-state index contributed by atoms with van der Waals surface area (Å²) in [7, 11) is 1.57. The van der Waals surface area contributed by atoms with E-state index in [-0.39, 0.29) is 0 Å². The molecule has 6 heteroatoms. The molecule has 0 atom stereocenters. The summed E-state index contributed by atoms with van der Waals surface area (Å²) < 4.78 is 8.30. The van der Waals surface area contributed by atoms with Crippen LogP contribution in [0.5, 0.6) is 5.75 Å². The molecule has 0 unspecified atom stereocenters. The Morgan fingerprint density at radius 2 is 2.10 bits per heavy atom. The number of benzene rings is 2. The zero-order valence-corrected chi connectivity index (χ0v) is 13.3. The van der Waals surface area contributed by atoms with E-state index in [0.29, 0.717) is 17.3 Å². The maximum absolute atomic E-state index is 8.99. The van der Waals surface area contributed by atoms with E-state index in [1.807, 2.05) is 28.8 Å². The number of methoxy groups -OCH3 is 1. The summed E-state index contributed by atoms with van der Waals surface area (Å²) in [5.74, 6) is 0.966. The first kappa shape index (κ1) is 13.7. The molecule has 0 aliphatic heterocycles. The second-order valence-electron chi connectivity index (χ2n) is 4.44. The Balaban J connectivity index is 2.30. The van der Waals surface area contributed by atoms with Crippen LogP contribution in [-0.4, -0.2) is 16.7 Å². The van der Waals surface area contributed by atoms with Crippen molar-refractivity contribution in [2.24, 2.45) is 0 Å². The minimum absolute atomic E-state index is 0.384. The van der Waals surface area contributed by atoms with Gasteiger partial charge in [-0.25, -0.2) is 4.98 Å². The third-order valence-corrected chi connectivity index (χ3v) is 3.86. The molecular weight excluding hydrogens is 379 g/mol. The number of anilines is 1. The van der Waals surface area contributed by atoms with Crippen LogP contribution in [0.3, 0.4) is 0 Å². The Morgan fingerprint density at radius 3 is 2.81 bits per heavy atom. The van der Waals surface area contributed by atoms with E-state index in [0.717, 1.165) is 20.3 Å². The molecule has 0 bridgehead atoms. The van der Waals surface area contributed by atoms with Crippen LogP contribution >= 0.6 is 22.6 Å². The number of nitrogens with two attached hydrogens (primary N) is 1. The smallest absolute Gasteiger partial charge is 0.206 e. The SMILES string of the molecule is COc1cc(C#N)ccc1-n1c(N)nc2cc(I)ccc21. The highest BCUT2D eigenvalue weighted by Gasteiger charge is 2.14. The van der Waals surface area contributed by atoms with Gasteiger partial charge in [-0.3, -0.25) is 4.57 Å². The second kappa shape index (κ2) is 5.26. The van der Waals surface area contributed by atoms with E-state index in [9.17, 15) is 0 Å². The van der Waals surface area contributed by atoms with Crippen molar-refractivity contribution < 1.29 is 4.74 Å². The first-order chi connectivity index (χ1) is 10.1. The molecule has 3 aromatic rings. The van der Waals surface area contributed by atoms with E-state index in [1.165, 1.54) is 0 Å². The molecule has 3 rings (SSSR count). The lowest BCUT2D eigenvalue weighted by Gasteiger charge is -2.11. The van der Waals surface area contributed by atoms with Gasteiger partial charge in [0, 0.05) is 9.64 Å². The predicted octanol–water partition coefficient (Wildman–Crippen LogP) is 3.09. The summed E-state index contributed by atoms with van der Waals surface area (Å²) in [6, 6.07) is 13.3. The minimum Gasteiger partial charge on any atom is -0.495 e. The number of hydrogen-bond donors (Lipinski definition) is 1. The van der Waals surface area contributed by atoms with Crippen molar-refractivity contribution in [2.75, 3.05) is 12.8 Å². The highest BCUT2D eigenvalue weighted by atomic mass is 127. The molecule has 104 valence electrons. The van der Waals surface area contributed by atoms with Gasteiger partial charge in [0.2, 0.25) is 5.95 Å². The fourth-order valence-corrected chi connectivity index (χ4v) is 2.73. The zero-order valence-electron chi connectivity index (χ0n) is 11.2. The number of imidazole rings is 1. The number of aromatic nitrogens is 2. The maximum atomic E-state index is 8.99. The number of nitriles is 1. The lowest BCUT2D eigenvalue weighted by Crippen LogP contribution is -2.03. The fourth-order valence-electron chi connectivity index (χ4n) is 2.26. The van der Waals surface area contributed by atoms with Crippen molar-refractivity contribution in [1.29, 1.82) is 5.26 Å². The Hall–Kier alpha value is -2.27. The highest BCUT2D eigenvalue weighted by molar-refractivity contribution is 14.1. The number of ether oxygens (including phenoxy) is 1. The average molecular weight is 390 g/mol. The first-order valence-corrected chi connectivity index (χ1v) is 7.24. The summed E-state index contributed by atoms with van der Waals surface area (Å²) in [6.07, 6.45) is 0. The zero-order chi connectivity index (χ0) is 15.0. The second-order valence-corrected chi connectivity index (χ2v) is 5.68. The molecule has 2 aromatic carbocycles. The van der Waals surface area contributed by atoms with Gasteiger partial charge < -0.3 is 10.5 Å². The van der Waals surface area contributed by atoms with Crippen LogP contribution in [0.15, 0.2) is 36.4 Å². The van der Waals surface area contributed by atoms with Gasteiger partial charge >= 0.3 is 0 Å². The van der Waals surface area contributed by atoms with Crippen molar-refractivity contribution in [3.05, 3.63) is 45.5 Å². The topological polar surface area (TPSA) is 76.9 Å². The Morgan fingerprint density at radius 1 is 1.29 bits per heavy atom.